The molecular formula is C28H33N5O2. The predicted octanol–water partition coefficient (Wildman–Crippen LogP) is 5.03. The highest BCUT2D eigenvalue weighted by Gasteiger charge is 2.48. The van der Waals surface area contributed by atoms with E-state index in [4.69, 9.17) is 4.74 Å². The number of hydrogen-bond donors (Lipinski definition) is 2. The second-order valence-corrected chi connectivity index (χ2v) is 10.1. The molecule has 7 nitrogen and oxygen atoms in total. The van der Waals surface area contributed by atoms with Crippen LogP contribution >= 0.6 is 0 Å². The maximum absolute atomic E-state index is 13.0. The molecule has 0 radical (unpaired) electrons. The van der Waals surface area contributed by atoms with Crippen LogP contribution in [0, 0.1) is 0 Å². The van der Waals surface area contributed by atoms with E-state index in [1.165, 1.54) is 6.42 Å². The van der Waals surface area contributed by atoms with Crippen molar-refractivity contribution in [2.45, 2.75) is 63.6 Å². The van der Waals surface area contributed by atoms with Crippen molar-refractivity contribution in [1.29, 1.82) is 0 Å². The number of nitrogens with one attached hydrogen (secondary N) is 2. The van der Waals surface area contributed by atoms with Gasteiger partial charge in [-0.2, -0.15) is 0 Å². The average molecular weight is 472 g/mol. The number of carbonyl (C=O) groups excluding carboxylic acids is 1. The molecule has 3 aliphatic heterocycles. The Morgan fingerprint density at radius 2 is 2.00 bits per heavy atom. The number of H-pyrrole nitrogens is 1. The van der Waals surface area contributed by atoms with E-state index in [-0.39, 0.29) is 11.4 Å². The van der Waals surface area contributed by atoms with Gasteiger partial charge in [-0.1, -0.05) is 12.1 Å². The maximum atomic E-state index is 13.0. The number of ether oxygens (including phenoxy) is 1. The van der Waals surface area contributed by atoms with E-state index in [9.17, 15) is 4.79 Å². The largest absolute Gasteiger partial charge is 0.453 e. The van der Waals surface area contributed by atoms with E-state index in [2.05, 4.69) is 38.4 Å². The van der Waals surface area contributed by atoms with Gasteiger partial charge < -0.3 is 24.8 Å². The number of para-hydroxylation sites is 2. The van der Waals surface area contributed by atoms with Gasteiger partial charge in [0.2, 0.25) is 0 Å². The number of aromatic nitrogens is 2. The first-order valence-electron chi connectivity index (χ1n) is 12.8. The molecule has 1 aromatic heterocycles. The molecule has 2 saturated heterocycles. The summed E-state index contributed by atoms with van der Waals surface area (Å²) in [5, 5.41) is 3.94. The van der Waals surface area contributed by atoms with Crippen molar-refractivity contribution >= 4 is 17.3 Å². The Morgan fingerprint density at radius 1 is 1.17 bits per heavy atom. The van der Waals surface area contributed by atoms with Gasteiger partial charge in [0.1, 0.15) is 5.82 Å². The van der Waals surface area contributed by atoms with E-state index in [1.54, 1.807) is 0 Å². The van der Waals surface area contributed by atoms with Crippen molar-refractivity contribution in [1.82, 2.24) is 20.2 Å². The Bertz CT molecular complexity index is 1220. The molecule has 2 N–H and O–H groups in total. The van der Waals surface area contributed by atoms with Crippen LogP contribution in [0.4, 0.5) is 11.4 Å². The van der Waals surface area contributed by atoms with Gasteiger partial charge in [0.25, 0.3) is 5.91 Å². The molecule has 3 aliphatic rings. The fraction of sp³-hybridized carbons (Fsp3) is 0.429. The van der Waals surface area contributed by atoms with Gasteiger partial charge in [0.05, 0.1) is 11.4 Å². The van der Waals surface area contributed by atoms with Crippen LogP contribution in [0.3, 0.4) is 0 Å². The third-order valence-electron chi connectivity index (χ3n) is 7.95. The van der Waals surface area contributed by atoms with Crippen LogP contribution in [-0.2, 0) is 6.42 Å². The molecule has 4 heterocycles. The van der Waals surface area contributed by atoms with Crippen LogP contribution in [0.2, 0.25) is 0 Å². The molecule has 0 aliphatic carbocycles. The van der Waals surface area contributed by atoms with Crippen molar-refractivity contribution in [3.8, 4) is 11.5 Å². The molecule has 2 fully saturated rings. The number of anilines is 2. The minimum Gasteiger partial charge on any atom is -0.453 e. The summed E-state index contributed by atoms with van der Waals surface area (Å²) >= 11 is 0. The summed E-state index contributed by atoms with van der Waals surface area (Å²) in [4.78, 5) is 25.2. The maximum Gasteiger partial charge on any atom is 0.253 e. The number of benzene rings is 2. The minimum atomic E-state index is 0.0392. The summed E-state index contributed by atoms with van der Waals surface area (Å²) in [6, 6.07) is 15.0. The highest BCUT2D eigenvalue weighted by Crippen LogP contribution is 2.51. The fourth-order valence-corrected chi connectivity index (χ4v) is 6.36. The van der Waals surface area contributed by atoms with E-state index in [0.717, 1.165) is 54.4 Å². The number of aromatic amines is 1. The second-order valence-electron chi connectivity index (χ2n) is 10.1. The molecule has 182 valence electrons. The molecule has 2 aromatic carbocycles. The number of imidazole rings is 1. The van der Waals surface area contributed by atoms with Crippen molar-refractivity contribution in [3.63, 3.8) is 0 Å². The molecule has 6 rings (SSSR count). The molecule has 3 aromatic rings. The predicted molar refractivity (Wildman–Crippen MR) is 137 cm³/mol. The van der Waals surface area contributed by atoms with Gasteiger partial charge in [-0.15, -0.1) is 0 Å². The molecule has 0 spiro atoms. The SMILES string of the molecule is CCN(CC)C(=O)c1ccc2c(c1)Oc1ccccc1N2C1CC2CC[C@@](Cc3ncc[nH]3)(C1)N2. The topological polar surface area (TPSA) is 73.5 Å². The highest BCUT2D eigenvalue weighted by atomic mass is 16.5. The number of nitrogens with zero attached hydrogens (tertiary/aromatic N) is 3. The van der Waals surface area contributed by atoms with Crippen molar-refractivity contribution in [2.75, 3.05) is 18.0 Å². The Balaban J connectivity index is 1.37. The first-order chi connectivity index (χ1) is 17.1. The van der Waals surface area contributed by atoms with Gasteiger partial charge in [0.15, 0.2) is 11.5 Å². The van der Waals surface area contributed by atoms with Crippen molar-refractivity contribution < 1.29 is 9.53 Å². The third-order valence-corrected chi connectivity index (χ3v) is 7.95. The summed E-state index contributed by atoms with van der Waals surface area (Å²) in [7, 11) is 0. The van der Waals surface area contributed by atoms with Crippen LogP contribution in [-0.4, -0.2) is 51.5 Å². The number of rotatable bonds is 6. The zero-order valence-corrected chi connectivity index (χ0v) is 20.5. The molecule has 7 heteroatoms. The quantitative estimate of drug-likeness (QED) is 0.527. The van der Waals surface area contributed by atoms with E-state index >= 15 is 0 Å². The summed E-state index contributed by atoms with van der Waals surface area (Å²) < 4.78 is 6.37. The van der Waals surface area contributed by atoms with Crippen LogP contribution in [0.25, 0.3) is 0 Å². The first-order valence-corrected chi connectivity index (χ1v) is 12.8. The molecule has 2 bridgehead atoms. The zero-order valence-electron chi connectivity index (χ0n) is 20.5. The summed E-state index contributed by atoms with van der Waals surface area (Å²) in [6.07, 6.45) is 9.10. The molecule has 1 amide bonds. The van der Waals surface area contributed by atoms with Gasteiger partial charge in [-0.25, -0.2) is 4.98 Å². The van der Waals surface area contributed by atoms with Crippen molar-refractivity contribution in [3.05, 3.63) is 66.2 Å². The number of hydrogen-bond acceptors (Lipinski definition) is 5. The van der Waals surface area contributed by atoms with E-state index in [1.807, 2.05) is 55.4 Å². The Hall–Kier alpha value is -3.32. The molecule has 2 unspecified atom stereocenters. The van der Waals surface area contributed by atoms with Crippen molar-refractivity contribution in [2.24, 2.45) is 0 Å². The molecule has 35 heavy (non-hydrogen) atoms. The zero-order chi connectivity index (χ0) is 24.0. The van der Waals surface area contributed by atoms with E-state index in [0.29, 0.717) is 30.7 Å². The standard InChI is InChI=1S/C28H33N5O2/c1-3-32(4-2)27(34)19-9-10-23-25(15-19)35-24-8-6-5-7-22(24)33(23)21-16-20-11-12-28(17-21,31-20)18-26-29-13-14-30-26/h5-10,13-15,20-21,31H,3-4,11-12,16-18H2,1-2H3,(H,29,30)/t20?,21?,28-/m0/s1. The number of carbonyl (C=O) groups is 1. The smallest absolute Gasteiger partial charge is 0.253 e. The number of piperidine rings is 1. The Kier molecular flexibility index (Phi) is 5.52. The minimum absolute atomic E-state index is 0.0392. The summed E-state index contributed by atoms with van der Waals surface area (Å²) in [6.45, 7) is 5.41. The van der Waals surface area contributed by atoms with Crippen LogP contribution in [0.1, 0.15) is 55.7 Å². The molecular weight excluding hydrogens is 438 g/mol. The van der Waals surface area contributed by atoms with Gasteiger partial charge in [-0.05, 0) is 69.9 Å². The normalized spacial score (nSPS) is 24.5. The lowest BCUT2D eigenvalue weighted by molar-refractivity contribution is 0.0772. The first kappa shape index (κ1) is 22.2. The van der Waals surface area contributed by atoms with Gasteiger partial charge in [-0.3, -0.25) is 4.79 Å². The highest BCUT2D eigenvalue weighted by molar-refractivity contribution is 5.96. The molecule has 0 saturated carbocycles. The lowest BCUT2D eigenvalue weighted by Crippen LogP contribution is -2.56. The Morgan fingerprint density at radius 3 is 2.80 bits per heavy atom. The lowest BCUT2D eigenvalue weighted by Gasteiger charge is -2.46. The number of fused-ring (bicyclic) bond motifs is 4. The van der Waals surface area contributed by atoms with Gasteiger partial charge in [0, 0.05) is 55.1 Å². The van der Waals surface area contributed by atoms with Gasteiger partial charge >= 0.3 is 0 Å². The monoisotopic (exact) mass is 471 g/mol. The second kappa shape index (κ2) is 8.72. The fourth-order valence-electron chi connectivity index (χ4n) is 6.36. The third kappa shape index (κ3) is 3.88. The van der Waals surface area contributed by atoms with Crippen LogP contribution in [0.15, 0.2) is 54.9 Å². The summed E-state index contributed by atoms with van der Waals surface area (Å²) in [5.74, 6) is 2.69. The van der Waals surface area contributed by atoms with Crippen LogP contribution in [0.5, 0.6) is 11.5 Å². The lowest BCUT2D eigenvalue weighted by atomic mass is 9.83. The van der Waals surface area contributed by atoms with Crippen LogP contribution < -0.4 is 15.0 Å². The summed E-state index contributed by atoms with van der Waals surface area (Å²) in [5.41, 5.74) is 2.85. The number of amides is 1. The molecule has 3 atom stereocenters. The Labute approximate surface area is 206 Å². The average Bonchev–Trinajstić information content (AvgIpc) is 3.49. The van der Waals surface area contributed by atoms with E-state index < -0.39 is 0 Å².